The maximum atomic E-state index is 5.73. The summed E-state index contributed by atoms with van der Waals surface area (Å²) in [5.41, 5.74) is 7.62. The largest absolute Gasteiger partial charge is 0.383 e. The third kappa shape index (κ3) is 1.26. The smallest absolute Gasteiger partial charge is 0.132 e. The first-order chi connectivity index (χ1) is 6.29. The summed E-state index contributed by atoms with van der Waals surface area (Å²) in [6, 6.07) is 3.79. The summed E-state index contributed by atoms with van der Waals surface area (Å²) in [7, 11) is 1.93. The minimum Gasteiger partial charge on any atom is -0.383 e. The molecule has 0 saturated carbocycles. The Morgan fingerprint density at radius 1 is 1.46 bits per heavy atom. The zero-order valence-electron chi connectivity index (χ0n) is 7.31. The van der Waals surface area contributed by atoms with Crippen LogP contribution >= 0.6 is 0 Å². The van der Waals surface area contributed by atoms with Crippen LogP contribution in [-0.2, 0) is 7.05 Å². The number of pyridine rings is 1. The molecule has 4 nitrogen and oxygen atoms in total. The van der Waals surface area contributed by atoms with Gasteiger partial charge in [0.15, 0.2) is 0 Å². The second-order valence-electron chi connectivity index (χ2n) is 2.83. The Labute approximate surface area is 76.1 Å². The quantitative estimate of drug-likeness (QED) is 0.703. The zero-order chi connectivity index (χ0) is 9.26. The number of aromatic nitrogens is 3. The van der Waals surface area contributed by atoms with E-state index in [0.29, 0.717) is 5.82 Å². The SMILES string of the molecule is Cn1cncc1-c1cccnc1N. The number of nitrogens with two attached hydrogens (primary N) is 1. The molecule has 0 aliphatic heterocycles. The number of anilines is 1. The second kappa shape index (κ2) is 2.90. The molecular weight excluding hydrogens is 164 g/mol. The van der Waals surface area contributed by atoms with Crippen LogP contribution in [0.5, 0.6) is 0 Å². The van der Waals surface area contributed by atoms with Crippen LogP contribution in [0, 0.1) is 0 Å². The zero-order valence-corrected chi connectivity index (χ0v) is 7.31. The Hall–Kier alpha value is -1.84. The molecule has 0 amide bonds. The molecule has 2 aromatic heterocycles. The lowest BCUT2D eigenvalue weighted by Crippen LogP contribution is -1.96. The van der Waals surface area contributed by atoms with Crippen LogP contribution in [0.25, 0.3) is 11.3 Å². The van der Waals surface area contributed by atoms with Crippen LogP contribution < -0.4 is 5.73 Å². The molecule has 66 valence electrons. The minimum absolute atomic E-state index is 0.533. The van der Waals surface area contributed by atoms with Gasteiger partial charge < -0.3 is 10.3 Å². The molecule has 0 bridgehead atoms. The van der Waals surface area contributed by atoms with Gasteiger partial charge in [0, 0.05) is 18.8 Å². The van der Waals surface area contributed by atoms with E-state index in [-0.39, 0.29) is 0 Å². The van der Waals surface area contributed by atoms with E-state index in [0.717, 1.165) is 11.3 Å². The molecule has 0 unspecified atom stereocenters. The van der Waals surface area contributed by atoms with E-state index >= 15 is 0 Å². The fourth-order valence-corrected chi connectivity index (χ4v) is 1.25. The molecule has 0 spiro atoms. The van der Waals surface area contributed by atoms with Crippen molar-refractivity contribution in [3.05, 3.63) is 30.9 Å². The van der Waals surface area contributed by atoms with Crippen LogP contribution in [0.15, 0.2) is 30.9 Å². The number of nitrogen functional groups attached to an aromatic ring is 1. The summed E-state index contributed by atoms with van der Waals surface area (Å²) < 4.78 is 1.91. The first-order valence-electron chi connectivity index (χ1n) is 3.96. The normalized spacial score (nSPS) is 10.2. The lowest BCUT2D eigenvalue weighted by atomic mass is 10.2. The van der Waals surface area contributed by atoms with Gasteiger partial charge in [0.1, 0.15) is 5.82 Å². The third-order valence-electron chi connectivity index (χ3n) is 1.93. The number of nitrogens with zero attached hydrogens (tertiary/aromatic N) is 3. The highest BCUT2D eigenvalue weighted by atomic mass is 15.0. The van der Waals surface area contributed by atoms with E-state index in [2.05, 4.69) is 9.97 Å². The van der Waals surface area contributed by atoms with Gasteiger partial charge in [0.25, 0.3) is 0 Å². The number of imidazole rings is 1. The van der Waals surface area contributed by atoms with Gasteiger partial charge in [-0.15, -0.1) is 0 Å². The van der Waals surface area contributed by atoms with Crippen molar-refractivity contribution in [2.75, 3.05) is 5.73 Å². The molecule has 0 radical (unpaired) electrons. The molecule has 13 heavy (non-hydrogen) atoms. The standard InChI is InChI=1S/C9H10N4/c1-13-6-11-5-8(13)7-3-2-4-12-9(7)10/h2-6H,1H3,(H2,10,12). The number of hydrogen-bond donors (Lipinski definition) is 1. The molecule has 2 rings (SSSR count). The Kier molecular flexibility index (Phi) is 1.73. The summed E-state index contributed by atoms with van der Waals surface area (Å²) in [5, 5.41) is 0. The summed E-state index contributed by atoms with van der Waals surface area (Å²) in [6.07, 6.45) is 5.18. The predicted octanol–water partition coefficient (Wildman–Crippen LogP) is 1.06. The summed E-state index contributed by atoms with van der Waals surface area (Å²) >= 11 is 0. The van der Waals surface area contributed by atoms with Crippen molar-refractivity contribution in [1.82, 2.24) is 14.5 Å². The highest BCUT2D eigenvalue weighted by molar-refractivity contribution is 5.70. The van der Waals surface area contributed by atoms with Gasteiger partial charge in [-0.3, -0.25) is 0 Å². The first kappa shape index (κ1) is 7.79. The Balaban J connectivity index is 2.59. The Morgan fingerprint density at radius 3 is 2.92 bits per heavy atom. The average Bonchev–Trinajstić information content (AvgIpc) is 2.52. The molecule has 0 atom stereocenters. The van der Waals surface area contributed by atoms with Crippen molar-refractivity contribution >= 4 is 5.82 Å². The fourth-order valence-electron chi connectivity index (χ4n) is 1.25. The van der Waals surface area contributed by atoms with E-state index in [9.17, 15) is 0 Å². The summed E-state index contributed by atoms with van der Waals surface area (Å²) in [5.74, 6) is 0.533. The van der Waals surface area contributed by atoms with E-state index in [1.165, 1.54) is 0 Å². The molecule has 0 aromatic carbocycles. The van der Waals surface area contributed by atoms with Crippen LogP contribution in [0.3, 0.4) is 0 Å². The van der Waals surface area contributed by atoms with Gasteiger partial charge >= 0.3 is 0 Å². The number of aryl methyl sites for hydroxylation is 1. The molecule has 2 N–H and O–H groups in total. The van der Waals surface area contributed by atoms with E-state index < -0.39 is 0 Å². The lowest BCUT2D eigenvalue weighted by molar-refractivity contribution is 0.921. The van der Waals surface area contributed by atoms with Crippen molar-refractivity contribution in [3.8, 4) is 11.3 Å². The fraction of sp³-hybridized carbons (Fsp3) is 0.111. The van der Waals surface area contributed by atoms with Crippen molar-refractivity contribution in [2.24, 2.45) is 7.05 Å². The Bertz CT molecular complexity index is 419. The van der Waals surface area contributed by atoms with Gasteiger partial charge in [-0.25, -0.2) is 9.97 Å². The van der Waals surface area contributed by atoms with Gasteiger partial charge in [0.05, 0.1) is 18.2 Å². The van der Waals surface area contributed by atoms with Crippen molar-refractivity contribution < 1.29 is 0 Å². The Morgan fingerprint density at radius 2 is 2.31 bits per heavy atom. The van der Waals surface area contributed by atoms with Gasteiger partial charge in [-0.1, -0.05) is 0 Å². The van der Waals surface area contributed by atoms with Crippen molar-refractivity contribution in [2.45, 2.75) is 0 Å². The van der Waals surface area contributed by atoms with E-state index in [1.807, 2.05) is 23.7 Å². The summed E-state index contributed by atoms with van der Waals surface area (Å²) in [6.45, 7) is 0. The van der Waals surface area contributed by atoms with Crippen molar-refractivity contribution in [1.29, 1.82) is 0 Å². The molecule has 2 heterocycles. The van der Waals surface area contributed by atoms with E-state index in [1.54, 1.807) is 18.7 Å². The second-order valence-corrected chi connectivity index (χ2v) is 2.83. The molecule has 2 aromatic rings. The molecule has 0 aliphatic carbocycles. The lowest BCUT2D eigenvalue weighted by Gasteiger charge is -2.03. The van der Waals surface area contributed by atoms with Crippen LogP contribution in [0.1, 0.15) is 0 Å². The van der Waals surface area contributed by atoms with Crippen LogP contribution in [0.4, 0.5) is 5.82 Å². The highest BCUT2D eigenvalue weighted by Crippen LogP contribution is 2.21. The molecule has 4 heteroatoms. The molecular formula is C9H10N4. The molecule has 0 fully saturated rings. The van der Waals surface area contributed by atoms with Crippen LogP contribution in [0.2, 0.25) is 0 Å². The predicted molar refractivity (Wildman–Crippen MR) is 50.9 cm³/mol. The first-order valence-corrected chi connectivity index (χ1v) is 3.96. The number of rotatable bonds is 1. The van der Waals surface area contributed by atoms with Gasteiger partial charge in [-0.05, 0) is 12.1 Å². The van der Waals surface area contributed by atoms with Crippen molar-refractivity contribution in [3.63, 3.8) is 0 Å². The number of hydrogen-bond acceptors (Lipinski definition) is 3. The van der Waals surface area contributed by atoms with E-state index in [4.69, 9.17) is 5.73 Å². The maximum Gasteiger partial charge on any atom is 0.132 e. The van der Waals surface area contributed by atoms with Gasteiger partial charge in [0.2, 0.25) is 0 Å². The monoisotopic (exact) mass is 174 g/mol. The van der Waals surface area contributed by atoms with Crippen LogP contribution in [-0.4, -0.2) is 14.5 Å². The third-order valence-corrected chi connectivity index (χ3v) is 1.93. The summed E-state index contributed by atoms with van der Waals surface area (Å²) in [4.78, 5) is 8.03. The topological polar surface area (TPSA) is 56.7 Å². The minimum atomic E-state index is 0.533. The van der Waals surface area contributed by atoms with Gasteiger partial charge in [-0.2, -0.15) is 0 Å². The maximum absolute atomic E-state index is 5.73. The highest BCUT2D eigenvalue weighted by Gasteiger charge is 2.05. The molecule has 0 saturated heterocycles. The average molecular weight is 174 g/mol. The molecule has 0 aliphatic rings.